The van der Waals surface area contributed by atoms with Crippen molar-refractivity contribution >= 4 is 28.8 Å². The van der Waals surface area contributed by atoms with Crippen molar-refractivity contribution in [2.75, 3.05) is 6.54 Å². The fraction of sp³-hybridized carbons (Fsp3) is 0.185. The van der Waals surface area contributed by atoms with Gasteiger partial charge in [0.15, 0.2) is 4.47 Å². The van der Waals surface area contributed by atoms with E-state index in [4.69, 9.17) is 11.6 Å². The van der Waals surface area contributed by atoms with Gasteiger partial charge in [-0.15, -0.1) is 26.3 Å². The van der Waals surface area contributed by atoms with Crippen LogP contribution in [0, 0.1) is 0 Å². The first kappa shape index (κ1) is 29.2. The first-order valence-electron chi connectivity index (χ1n) is 11.5. The van der Waals surface area contributed by atoms with Crippen molar-refractivity contribution in [2.45, 2.75) is 24.6 Å². The van der Waals surface area contributed by atoms with E-state index in [0.717, 1.165) is 35.6 Å². The van der Waals surface area contributed by atoms with Gasteiger partial charge in [-0.25, -0.2) is 4.98 Å². The molecule has 1 N–H and O–H groups in total. The number of hydrogen-bond acceptors (Lipinski definition) is 5. The molecule has 0 spiro atoms. The Morgan fingerprint density at radius 3 is 1.85 bits per heavy atom. The minimum atomic E-state index is -4.99. The number of hydrogen-bond donors (Lipinski definition) is 1. The zero-order chi connectivity index (χ0) is 29.0. The molecule has 40 heavy (non-hydrogen) atoms. The van der Waals surface area contributed by atoms with Crippen molar-refractivity contribution in [1.82, 2.24) is 10.3 Å². The Labute approximate surface area is 233 Å². The maximum atomic E-state index is 13.1. The summed E-state index contributed by atoms with van der Waals surface area (Å²) in [7, 11) is 0. The van der Waals surface area contributed by atoms with Gasteiger partial charge in [0, 0.05) is 12.0 Å². The third kappa shape index (κ3) is 7.66. The maximum absolute atomic E-state index is 13.1. The summed E-state index contributed by atoms with van der Waals surface area (Å²) in [5.41, 5.74) is -0.210. The number of thiazole rings is 1. The number of carbonyl (C=O) groups excluding carboxylic acids is 1. The lowest BCUT2D eigenvalue weighted by Gasteiger charge is -2.36. The molecule has 1 aromatic heterocycles. The normalized spacial score (nSPS) is 12.2. The number of rotatable bonds is 9. The Morgan fingerprint density at radius 1 is 0.825 bits per heavy atom. The fourth-order valence-corrected chi connectivity index (χ4v) is 5.09. The summed E-state index contributed by atoms with van der Waals surface area (Å²) in [4.78, 5) is 17.0. The Bertz CT molecular complexity index is 1400. The summed E-state index contributed by atoms with van der Waals surface area (Å²) < 4.78 is 86.8. The van der Waals surface area contributed by atoms with Crippen LogP contribution in [0.1, 0.15) is 26.4 Å². The zero-order valence-electron chi connectivity index (χ0n) is 20.2. The number of nitrogens with zero attached hydrogens (tertiary/aromatic N) is 1. The molecule has 5 nitrogen and oxygen atoms in total. The molecule has 3 aromatic carbocycles. The van der Waals surface area contributed by atoms with Crippen molar-refractivity contribution in [3.05, 3.63) is 111 Å². The monoisotopic (exact) mass is 600 g/mol. The molecule has 0 aliphatic heterocycles. The molecular formula is C27H19ClF6N2O3S. The van der Waals surface area contributed by atoms with Crippen LogP contribution < -0.4 is 14.8 Å². The molecule has 0 bridgehead atoms. The summed E-state index contributed by atoms with van der Waals surface area (Å²) in [6.07, 6.45) is -8.64. The predicted molar refractivity (Wildman–Crippen MR) is 137 cm³/mol. The van der Waals surface area contributed by atoms with Gasteiger partial charge in [0.05, 0.1) is 6.20 Å². The molecule has 0 fully saturated rings. The van der Waals surface area contributed by atoms with Gasteiger partial charge in [-0.05, 0) is 47.4 Å². The van der Waals surface area contributed by atoms with E-state index in [1.807, 2.05) is 0 Å². The highest BCUT2D eigenvalue weighted by Crippen LogP contribution is 2.40. The van der Waals surface area contributed by atoms with E-state index in [0.29, 0.717) is 5.56 Å². The molecule has 4 aromatic rings. The van der Waals surface area contributed by atoms with Gasteiger partial charge in [0.1, 0.15) is 16.4 Å². The molecule has 13 heteroatoms. The Hall–Kier alpha value is -3.77. The highest BCUT2D eigenvalue weighted by Gasteiger charge is 2.38. The van der Waals surface area contributed by atoms with Crippen molar-refractivity contribution in [3.8, 4) is 11.5 Å². The molecule has 0 radical (unpaired) electrons. The summed E-state index contributed by atoms with van der Waals surface area (Å²) >= 11 is 6.76. The lowest BCUT2D eigenvalue weighted by Crippen LogP contribution is -2.43. The van der Waals surface area contributed by atoms with Crippen LogP contribution in [0.5, 0.6) is 11.5 Å². The Morgan fingerprint density at radius 2 is 1.38 bits per heavy atom. The van der Waals surface area contributed by atoms with Crippen LogP contribution in [0.3, 0.4) is 0 Å². The maximum Gasteiger partial charge on any atom is 0.573 e. The molecule has 1 amide bonds. The van der Waals surface area contributed by atoms with Crippen LogP contribution in [-0.2, 0) is 11.8 Å². The zero-order valence-corrected chi connectivity index (χ0v) is 21.8. The van der Waals surface area contributed by atoms with Gasteiger partial charge in [-0.3, -0.25) is 4.79 Å². The first-order valence-corrected chi connectivity index (χ1v) is 12.7. The third-order valence-corrected chi connectivity index (χ3v) is 6.95. The van der Waals surface area contributed by atoms with Crippen molar-refractivity contribution in [1.29, 1.82) is 0 Å². The molecule has 0 aliphatic carbocycles. The lowest BCUT2D eigenvalue weighted by atomic mass is 9.70. The molecular weight excluding hydrogens is 582 g/mol. The average Bonchev–Trinajstić information content (AvgIpc) is 3.31. The van der Waals surface area contributed by atoms with E-state index in [1.165, 1.54) is 30.5 Å². The molecule has 210 valence electrons. The minimum Gasteiger partial charge on any atom is -0.406 e. The number of aromatic nitrogens is 1. The van der Waals surface area contributed by atoms with Gasteiger partial charge >= 0.3 is 12.7 Å². The number of carbonyl (C=O) groups is 1. The van der Waals surface area contributed by atoms with Gasteiger partial charge in [0.2, 0.25) is 0 Å². The van der Waals surface area contributed by atoms with Crippen LogP contribution >= 0.6 is 22.9 Å². The highest BCUT2D eigenvalue weighted by molar-refractivity contribution is 7.17. The average molecular weight is 601 g/mol. The smallest absolute Gasteiger partial charge is 0.406 e. The molecule has 4 rings (SSSR count). The van der Waals surface area contributed by atoms with Crippen LogP contribution in [0.4, 0.5) is 26.3 Å². The van der Waals surface area contributed by atoms with Crippen LogP contribution in [0.2, 0.25) is 4.47 Å². The second-order valence-corrected chi connectivity index (χ2v) is 10.2. The highest BCUT2D eigenvalue weighted by atomic mass is 35.5. The molecule has 0 unspecified atom stereocenters. The van der Waals surface area contributed by atoms with Gasteiger partial charge in [-0.1, -0.05) is 77.5 Å². The van der Waals surface area contributed by atoms with Crippen molar-refractivity contribution in [3.63, 3.8) is 0 Å². The van der Waals surface area contributed by atoms with E-state index in [9.17, 15) is 31.1 Å². The third-order valence-electron chi connectivity index (χ3n) is 5.84. The number of amides is 1. The SMILES string of the molecule is O=C(NCC(Cc1ccccc1)(c1cccc(OC(F)(F)F)c1)c1cccc(OC(F)(F)F)c1)c1cnc(Cl)s1. The van der Waals surface area contributed by atoms with Crippen LogP contribution in [0.15, 0.2) is 85.1 Å². The standard InChI is InChI=1S/C27H19ClF6N2O3S/c28-24-35-15-22(40-24)23(37)36-16-25(14-17-6-2-1-3-7-17,18-8-4-10-20(12-18)38-26(29,30)31)19-9-5-11-21(13-19)39-27(32,33)34/h1-13,15H,14,16H2,(H,36,37). The molecule has 0 aliphatic rings. The summed E-state index contributed by atoms with van der Waals surface area (Å²) in [5.74, 6) is -1.65. The van der Waals surface area contributed by atoms with E-state index in [1.54, 1.807) is 30.3 Å². The van der Waals surface area contributed by atoms with E-state index in [-0.39, 0.29) is 33.4 Å². The van der Waals surface area contributed by atoms with Gasteiger partial charge in [-0.2, -0.15) is 0 Å². The number of halogens is 7. The van der Waals surface area contributed by atoms with E-state index < -0.39 is 35.5 Å². The predicted octanol–water partition coefficient (Wildman–Crippen LogP) is 7.55. The van der Waals surface area contributed by atoms with Crippen LogP contribution in [0.25, 0.3) is 0 Å². The Kier molecular flexibility index (Phi) is 8.59. The largest absolute Gasteiger partial charge is 0.573 e. The number of ether oxygens (including phenoxy) is 2. The topological polar surface area (TPSA) is 60.5 Å². The van der Waals surface area contributed by atoms with Crippen molar-refractivity contribution < 1.29 is 40.6 Å². The number of benzene rings is 3. The fourth-order valence-electron chi connectivity index (χ4n) is 4.24. The van der Waals surface area contributed by atoms with Gasteiger partial charge < -0.3 is 14.8 Å². The Balaban J connectivity index is 1.88. The lowest BCUT2D eigenvalue weighted by molar-refractivity contribution is -0.275. The van der Waals surface area contributed by atoms with Crippen LogP contribution in [-0.4, -0.2) is 30.2 Å². The van der Waals surface area contributed by atoms with Gasteiger partial charge in [0.25, 0.3) is 5.91 Å². The van der Waals surface area contributed by atoms with E-state index >= 15 is 0 Å². The van der Waals surface area contributed by atoms with E-state index in [2.05, 4.69) is 19.8 Å². The number of alkyl halides is 6. The second-order valence-electron chi connectivity index (χ2n) is 8.56. The summed E-state index contributed by atoms with van der Waals surface area (Å²) in [5, 5.41) is 2.75. The molecule has 0 atom stereocenters. The molecule has 0 saturated heterocycles. The summed E-state index contributed by atoms with van der Waals surface area (Å²) in [6, 6.07) is 18.9. The van der Waals surface area contributed by atoms with Crippen molar-refractivity contribution in [2.24, 2.45) is 0 Å². The molecule has 0 saturated carbocycles. The summed E-state index contributed by atoms with van der Waals surface area (Å²) in [6.45, 7) is -0.235. The minimum absolute atomic E-state index is 0.0719. The first-order chi connectivity index (χ1) is 18.8. The molecule has 1 heterocycles. The second kappa shape index (κ2) is 11.8. The quantitative estimate of drug-likeness (QED) is 0.202. The number of nitrogens with one attached hydrogen (secondary N) is 1.